The molecule has 3 rings (SSSR count). The van der Waals surface area contributed by atoms with Crippen molar-refractivity contribution in [2.75, 3.05) is 19.5 Å². The van der Waals surface area contributed by atoms with Crippen molar-refractivity contribution in [3.63, 3.8) is 0 Å². The van der Waals surface area contributed by atoms with Crippen molar-refractivity contribution in [2.45, 2.75) is 17.4 Å². The number of anilines is 1. The Morgan fingerprint density at radius 1 is 0.969 bits per heavy atom. The number of hydrogen-bond acceptors (Lipinski definition) is 5. The number of benzene rings is 3. The molecule has 0 fully saturated rings. The number of ether oxygens (including phenoxy) is 2. The smallest absolute Gasteiger partial charge is 0.242 e. The predicted molar refractivity (Wildman–Crippen MR) is 124 cm³/mol. The molecule has 0 aliphatic heterocycles. The SMILES string of the molecule is COc1ccc(NC(=O)C(Cc2ccccc2)NS(=O)(=O)c2ccc(OC)c(Cl)c2)cc1. The van der Waals surface area contributed by atoms with E-state index >= 15 is 0 Å². The fourth-order valence-electron chi connectivity index (χ4n) is 3.01. The number of carbonyl (C=O) groups excluding carboxylic acids is 1. The van der Waals surface area contributed by atoms with Crippen LogP contribution in [0.2, 0.25) is 5.02 Å². The van der Waals surface area contributed by atoms with E-state index in [9.17, 15) is 13.2 Å². The molecule has 1 amide bonds. The Morgan fingerprint density at radius 2 is 1.66 bits per heavy atom. The summed E-state index contributed by atoms with van der Waals surface area (Å²) in [5, 5.41) is 2.90. The average molecular weight is 475 g/mol. The summed E-state index contributed by atoms with van der Waals surface area (Å²) in [6, 6.07) is 18.9. The van der Waals surface area contributed by atoms with E-state index in [-0.39, 0.29) is 16.3 Å². The molecule has 1 atom stereocenters. The van der Waals surface area contributed by atoms with E-state index in [1.54, 1.807) is 31.4 Å². The maximum atomic E-state index is 13.0. The number of sulfonamides is 1. The topological polar surface area (TPSA) is 93.7 Å². The maximum absolute atomic E-state index is 13.0. The van der Waals surface area contributed by atoms with E-state index < -0.39 is 22.0 Å². The number of halogens is 1. The Morgan fingerprint density at radius 3 is 2.25 bits per heavy atom. The molecule has 7 nitrogen and oxygen atoms in total. The van der Waals surface area contributed by atoms with Crippen LogP contribution in [0.4, 0.5) is 5.69 Å². The van der Waals surface area contributed by atoms with Crippen LogP contribution in [0.15, 0.2) is 77.7 Å². The molecule has 0 spiro atoms. The van der Waals surface area contributed by atoms with Crippen LogP contribution in [0.5, 0.6) is 11.5 Å². The van der Waals surface area contributed by atoms with Crippen molar-refractivity contribution < 1.29 is 22.7 Å². The summed E-state index contributed by atoms with van der Waals surface area (Å²) in [5.74, 6) is 0.492. The second-order valence-corrected chi connectivity index (χ2v) is 9.00. The maximum Gasteiger partial charge on any atom is 0.242 e. The lowest BCUT2D eigenvalue weighted by Crippen LogP contribution is -2.45. The number of nitrogens with one attached hydrogen (secondary N) is 2. The van der Waals surface area contributed by atoms with Crippen LogP contribution in [-0.2, 0) is 21.2 Å². The summed E-state index contributed by atoms with van der Waals surface area (Å²) < 4.78 is 38.7. The highest BCUT2D eigenvalue weighted by Crippen LogP contribution is 2.27. The van der Waals surface area contributed by atoms with E-state index in [1.807, 2.05) is 30.3 Å². The Balaban J connectivity index is 1.86. The van der Waals surface area contributed by atoms with Gasteiger partial charge in [0, 0.05) is 5.69 Å². The van der Waals surface area contributed by atoms with Crippen LogP contribution in [0.25, 0.3) is 0 Å². The molecular formula is C23H23ClN2O5S. The third-order valence-electron chi connectivity index (χ3n) is 4.69. The third kappa shape index (κ3) is 6.00. The second kappa shape index (κ2) is 10.5. The van der Waals surface area contributed by atoms with Gasteiger partial charge in [0.2, 0.25) is 15.9 Å². The zero-order chi connectivity index (χ0) is 23.1. The van der Waals surface area contributed by atoms with Crippen LogP contribution >= 0.6 is 11.6 Å². The number of hydrogen-bond donors (Lipinski definition) is 2. The Hall–Kier alpha value is -3.07. The van der Waals surface area contributed by atoms with Crippen LogP contribution in [0.3, 0.4) is 0 Å². The molecule has 0 aromatic heterocycles. The summed E-state index contributed by atoms with van der Waals surface area (Å²) in [4.78, 5) is 13.0. The second-order valence-electron chi connectivity index (χ2n) is 6.88. The van der Waals surface area contributed by atoms with Gasteiger partial charge in [-0.1, -0.05) is 41.9 Å². The van der Waals surface area contributed by atoms with Crippen molar-refractivity contribution in [2.24, 2.45) is 0 Å². The van der Waals surface area contributed by atoms with Crippen LogP contribution in [0.1, 0.15) is 5.56 Å². The van der Waals surface area contributed by atoms with Crippen LogP contribution in [-0.4, -0.2) is 34.6 Å². The van der Waals surface area contributed by atoms with Gasteiger partial charge < -0.3 is 14.8 Å². The minimum Gasteiger partial charge on any atom is -0.497 e. The quantitative estimate of drug-likeness (QED) is 0.490. The molecule has 2 N–H and O–H groups in total. The highest BCUT2D eigenvalue weighted by molar-refractivity contribution is 7.89. The van der Waals surface area contributed by atoms with Gasteiger partial charge >= 0.3 is 0 Å². The molecule has 168 valence electrons. The molecule has 0 aliphatic rings. The summed E-state index contributed by atoms with van der Waals surface area (Å²) in [6.45, 7) is 0. The molecular weight excluding hydrogens is 452 g/mol. The van der Waals surface area contributed by atoms with Gasteiger partial charge in [0.25, 0.3) is 0 Å². The molecule has 0 aliphatic carbocycles. The molecule has 9 heteroatoms. The van der Waals surface area contributed by atoms with Crippen molar-refractivity contribution in [3.05, 3.63) is 83.4 Å². The standard InChI is InChI=1S/C23H23ClN2O5S/c1-30-18-10-8-17(9-11-18)25-23(27)21(14-16-6-4-3-5-7-16)26-32(28,29)19-12-13-22(31-2)20(24)15-19/h3-13,15,21,26H,14H2,1-2H3,(H,25,27). The molecule has 32 heavy (non-hydrogen) atoms. The van der Waals surface area contributed by atoms with Gasteiger partial charge in [-0.25, -0.2) is 8.42 Å². The molecule has 0 saturated heterocycles. The Kier molecular flexibility index (Phi) is 7.74. The van der Waals surface area contributed by atoms with Crippen molar-refractivity contribution in [3.8, 4) is 11.5 Å². The first kappa shape index (κ1) is 23.6. The first-order chi connectivity index (χ1) is 15.3. The van der Waals surface area contributed by atoms with Crippen LogP contribution < -0.4 is 19.5 Å². The fourth-order valence-corrected chi connectivity index (χ4v) is 4.55. The first-order valence-corrected chi connectivity index (χ1v) is 11.5. The number of amides is 1. The van der Waals surface area contributed by atoms with Crippen molar-refractivity contribution >= 4 is 33.2 Å². The van der Waals surface area contributed by atoms with Crippen molar-refractivity contribution in [1.82, 2.24) is 4.72 Å². The zero-order valence-corrected chi connectivity index (χ0v) is 19.1. The summed E-state index contributed by atoms with van der Waals surface area (Å²) in [5.41, 5.74) is 1.32. The normalized spacial score (nSPS) is 12.1. The van der Waals surface area contributed by atoms with E-state index in [1.165, 1.54) is 25.3 Å². The van der Waals surface area contributed by atoms with Crippen molar-refractivity contribution in [1.29, 1.82) is 0 Å². The van der Waals surface area contributed by atoms with Gasteiger partial charge in [0.15, 0.2) is 0 Å². The first-order valence-electron chi connectivity index (χ1n) is 9.67. The molecule has 3 aromatic rings. The molecule has 0 saturated carbocycles. The van der Waals surface area contributed by atoms with Gasteiger partial charge in [0.05, 0.1) is 24.1 Å². The van der Waals surface area contributed by atoms with Gasteiger partial charge in [-0.15, -0.1) is 0 Å². The molecule has 0 bridgehead atoms. The lowest BCUT2D eigenvalue weighted by Gasteiger charge is -2.19. The summed E-state index contributed by atoms with van der Waals surface area (Å²) in [7, 11) is -1.06. The third-order valence-corrected chi connectivity index (χ3v) is 6.45. The molecule has 3 aromatic carbocycles. The van der Waals surface area contributed by atoms with Gasteiger partial charge in [0.1, 0.15) is 17.5 Å². The van der Waals surface area contributed by atoms with Gasteiger partial charge in [-0.05, 0) is 54.4 Å². The van der Waals surface area contributed by atoms with Gasteiger partial charge in [-0.2, -0.15) is 4.72 Å². The van der Waals surface area contributed by atoms with E-state index in [0.29, 0.717) is 17.2 Å². The number of carbonyl (C=O) groups is 1. The van der Waals surface area contributed by atoms with E-state index in [0.717, 1.165) is 5.56 Å². The lowest BCUT2D eigenvalue weighted by molar-refractivity contribution is -0.117. The van der Waals surface area contributed by atoms with Crippen LogP contribution in [0, 0.1) is 0 Å². The minimum absolute atomic E-state index is 0.0707. The lowest BCUT2D eigenvalue weighted by atomic mass is 10.1. The highest BCUT2D eigenvalue weighted by Gasteiger charge is 2.27. The fraction of sp³-hybridized carbons (Fsp3) is 0.174. The number of methoxy groups -OCH3 is 2. The van der Waals surface area contributed by atoms with E-state index in [2.05, 4.69) is 10.0 Å². The Bertz CT molecular complexity index is 1170. The highest BCUT2D eigenvalue weighted by atomic mass is 35.5. The largest absolute Gasteiger partial charge is 0.497 e. The molecule has 0 radical (unpaired) electrons. The van der Waals surface area contributed by atoms with Gasteiger partial charge in [-0.3, -0.25) is 4.79 Å². The predicted octanol–water partition coefficient (Wildman–Crippen LogP) is 3.89. The average Bonchev–Trinajstić information content (AvgIpc) is 2.79. The summed E-state index contributed by atoms with van der Waals surface area (Å²) >= 11 is 6.09. The minimum atomic E-state index is -4.05. The monoisotopic (exact) mass is 474 g/mol. The summed E-state index contributed by atoms with van der Waals surface area (Å²) in [6.07, 6.45) is 0.159. The number of rotatable bonds is 9. The molecule has 0 heterocycles. The van der Waals surface area contributed by atoms with E-state index in [4.69, 9.17) is 21.1 Å². The Labute approximate surface area is 192 Å². The molecule has 1 unspecified atom stereocenters. The zero-order valence-electron chi connectivity index (χ0n) is 17.5.